The summed E-state index contributed by atoms with van der Waals surface area (Å²) in [5, 5.41) is 7.39. The Morgan fingerprint density at radius 3 is 2.63 bits per heavy atom. The van der Waals surface area contributed by atoms with Crippen LogP contribution in [0.5, 0.6) is 0 Å². The van der Waals surface area contributed by atoms with Crippen molar-refractivity contribution in [1.29, 1.82) is 0 Å². The Morgan fingerprint density at radius 2 is 1.89 bits per heavy atom. The lowest BCUT2D eigenvalue weighted by molar-refractivity contribution is -0.136. The van der Waals surface area contributed by atoms with E-state index in [1.807, 2.05) is 65.5 Å². The van der Waals surface area contributed by atoms with Crippen molar-refractivity contribution in [3.63, 3.8) is 0 Å². The van der Waals surface area contributed by atoms with Gasteiger partial charge >= 0.3 is 6.17 Å². The highest BCUT2D eigenvalue weighted by molar-refractivity contribution is 6.07. The lowest BCUT2D eigenvalue weighted by atomic mass is 9.80. The van der Waals surface area contributed by atoms with Gasteiger partial charge < -0.3 is 10.2 Å². The largest absolute Gasteiger partial charge is 0.328 e. The number of anilines is 1. The van der Waals surface area contributed by atoms with Crippen molar-refractivity contribution in [1.82, 2.24) is 19.6 Å². The second kappa shape index (κ2) is 9.14. The van der Waals surface area contributed by atoms with Gasteiger partial charge in [0.25, 0.3) is 11.8 Å². The number of nitrogens with zero attached hydrogens (tertiary/aromatic N) is 5. The monoisotopic (exact) mass is 508 g/mol. The Hall–Kier alpha value is -4.45. The van der Waals surface area contributed by atoms with E-state index in [2.05, 4.69) is 15.3 Å². The van der Waals surface area contributed by atoms with E-state index < -0.39 is 17.6 Å². The third-order valence-corrected chi connectivity index (χ3v) is 7.98. The molecule has 1 spiro atoms. The molecule has 1 saturated carbocycles. The van der Waals surface area contributed by atoms with Crippen LogP contribution >= 0.6 is 0 Å². The topological polar surface area (TPSA) is 91.9 Å². The summed E-state index contributed by atoms with van der Waals surface area (Å²) in [4.78, 5) is 47.6. The van der Waals surface area contributed by atoms with Crippen LogP contribution in [0.15, 0.2) is 66.9 Å². The normalized spacial score (nSPS) is 22.6. The summed E-state index contributed by atoms with van der Waals surface area (Å²) < 4.78 is 1.81. The van der Waals surface area contributed by atoms with Gasteiger partial charge in [0.2, 0.25) is 5.91 Å². The molecule has 38 heavy (non-hydrogen) atoms. The number of aromatic nitrogens is 2. The van der Waals surface area contributed by atoms with Crippen molar-refractivity contribution in [2.45, 2.75) is 49.3 Å². The SMILES string of the molecule is [C-]#[N+][C@@H]1C[C@@]2(CN1C(=O)[C@H](Cc1ccccc1)N(C)C(=O)c1ccn(C3CC3)n1)C(=O)Nc1ccccc12. The van der Waals surface area contributed by atoms with Gasteiger partial charge in [0.05, 0.1) is 12.5 Å². The number of likely N-dealkylation sites (N-methyl/N-ethyl adjacent to an activating group) is 1. The molecule has 3 amide bonds. The average Bonchev–Trinajstić information content (AvgIpc) is 3.43. The number of para-hydroxylation sites is 1. The number of amides is 3. The van der Waals surface area contributed by atoms with E-state index in [0.29, 0.717) is 6.04 Å². The predicted octanol–water partition coefficient (Wildman–Crippen LogP) is 3.27. The number of benzene rings is 2. The predicted molar refractivity (Wildman–Crippen MR) is 140 cm³/mol. The Labute approximate surface area is 220 Å². The zero-order chi connectivity index (χ0) is 26.4. The second-order valence-electron chi connectivity index (χ2n) is 10.4. The maximum absolute atomic E-state index is 14.2. The molecule has 3 atom stereocenters. The molecule has 0 bridgehead atoms. The molecular weight excluding hydrogens is 480 g/mol. The lowest BCUT2D eigenvalue weighted by Crippen LogP contribution is -2.52. The highest BCUT2D eigenvalue weighted by Crippen LogP contribution is 2.47. The molecule has 3 heterocycles. The summed E-state index contributed by atoms with van der Waals surface area (Å²) in [5.41, 5.74) is 1.73. The first-order valence-electron chi connectivity index (χ1n) is 12.9. The van der Waals surface area contributed by atoms with E-state index in [0.717, 1.165) is 29.7 Å². The molecule has 0 radical (unpaired) electrons. The minimum Gasteiger partial charge on any atom is -0.328 e. The number of carbonyl (C=O) groups excluding carboxylic acids is 3. The fourth-order valence-corrected chi connectivity index (χ4v) is 5.69. The molecule has 0 unspecified atom stereocenters. The average molecular weight is 509 g/mol. The van der Waals surface area contributed by atoms with E-state index in [1.165, 1.54) is 9.80 Å². The highest BCUT2D eigenvalue weighted by Gasteiger charge is 2.59. The number of carbonyl (C=O) groups is 3. The molecular formula is C29H28N6O3. The lowest BCUT2D eigenvalue weighted by Gasteiger charge is -2.31. The Balaban J connectivity index is 1.32. The molecule has 192 valence electrons. The van der Waals surface area contributed by atoms with Gasteiger partial charge in [-0.15, -0.1) is 0 Å². The summed E-state index contributed by atoms with van der Waals surface area (Å²) in [6.45, 7) is 7.95. The molecule has 2 aromatic carbocycles. The van der Waals surface area contributed by atoms with E-state index in [1.54, 1.807) is 13.1 Å². The van der Waals surface area contributed by atoms with Crippen LogP contribution in [-0.4, -0.2) is 63.1 Å². The van der Waals surface area contributed by atoms with Crippen LogP contribution in [0.1, 0.15) is 46.9 Å². The molecule has 9 heteroatoms. The molecule has 1 N–H and O–H groups in total. The molecule has 3 aromatic rings. The highest BCUT2D eigenvalue weighted by atomic mass is 16.2. The molecule has 1 aliphatic carbocycles. The summed E-state index contributed by atoms with van der Waals surface area (Å²) >= 11 is 0. The van der Waals surface area contributed by atoms with Crippen LogP contribution in [0.4, 0.5) is 5.69 Å². The minimum absolute atomic E-state index is 0.0886. The van der Waals surface area contributed by atoms with Crippen molar-refractivity contribution in [3.05, 3.63) is 95.1 Å². The van der Waals surface area contributed by atoms with Crippen molar-refractivity contribution in [2.75, 3.05) is 18.9 Å². The van der Waals surface area contributed by atoms with E-state index >= 15 is 0 Å². The van der Waals surface area contributed by atoms with Crippen molar-refractivity contribution in [3.8, 4) is 0 Å². The number of likely N-dealkylation sites (tertiary alicyclic amines) is 1. The third-order valence-electron chi connectivity index (χ3n) is 7.98. The standard InChI is InChI=1S/C29H28N6O3/c1-30-25-17-29(21-10-6-7-11-22(21)31-28(29)38)18-34(25)27(37)24(16-19-8-4-3-5-9-19)33(2)26(36)23-14-15-35(32-23)20-12-13-20/h3-11,14-15,20,24-25H,12-13,16-18H2,2H3,(H,31,38)/t24-,25-,29-/m0/s1. The minimum atomic E-state index is -0.982. The van der Waals surface area contributed by atoms with Crippen LogP contribution in [0.25, 0.3) is 4.85 Å². The van der Waals surface area contributed by atoms with Crippen LogP contribution in [0, 0.1) is 6.57 Å². The number of nitrogens with one attached hydrogen (secondary N) is 1. The molecule has 1 saturated heterocycles. The summed E-state index contributed by atoms with van der Waals surface area (Å²) in [6.07, 6.45) is 3.59. The third kappa shape index (κ3) is 3.93. The second-order valence-corrected chi connectivity index (χ2v) is 10.4. The molecule has 6 rings (SSSR count). The maximum atomic E-state index is 14.2. The van der Waals surface area contributed by atoms with Crippen molar-refractivity contribution in [2.24, 2.45) is 0 Å². The van der Waals surface area contributed by atoms with Crippen molar-refractivity contribution < 1.29 is 14.4 Å². The summed E-state index contributed by atoms with van der Waals surface area (Å²) in [7, 11) is 1.61. The van der Waals surface area contributed by atoms with Gasteiger partial charge in [-0.2, -0.15) is 5.10 Å². The first-order valence-corrected chi connectivity index (χ1v) is 12.9. The van der Waals surface area contributed by atoms with Crippen LogP contribution in [0.2, 0.25) is 0 Å². The van der Waals surface area contributed by atoms with Crippen molar-refractivity contribution >= 4 is 23.4 Å². The maximum Gasteiger partial charge on any atom is 0.302 e. The first-order chi connectivity index (χ1) is 18.4. The summed E-state index contributed by atoms with van der Waals surface area (Å²) in [6, 6.07) is 18.1. The van der Waals surface area contributed by atoms with E-state index in [4.69, 9.17) is 6.57 Å². The zero-order valence-corrected chi connectivity index (χ0v) is 21.1. The van der Waals surface area contributed by atoms with Gasteiger partial charge in [0, 0.05) is 31.9 Å². The van der Waals surface area contributed by atoms with Gasteiger partial charge in [-0.25, -0.2) is 6.57 Å². The van der Waals surface area contributed by atoms with E-state index in [9.17, 15) is 14.4 Å². The number of fused-ring (bicyclic) bond motifs is 2. The van der Waals surface area contributed by atoms with Gasteiger partial charge in [-0.3, -0.25) is 28.8 Å². The van der Waals surface area contributed by atoms with Gasteiger partial charge in [-0.05, 0) is 36.1 Å². The molecule has 2 aliphatic heterocycles. The molecule has 2 fully saturated rings. The smallest absolute Gasteiger partial charge is 0.302 e. The van der Waals surface area contributed by atoms with Gasteiger partial charge in [0.1, 0.15) is 17.2 Å². The number of hydrogen-bond acceptors (Lipinski definition) is 4. The number of hydrogen-bond donors (Lipinski definition) is 1. The number of rotatable bonds is 6. The Morgan fingerprint density at radius 1 is 1.16 bits per heavy atom. The fraction of sp³-hybridized carbons (Fsp3) is 0.345. The van der Waals surface area contributed by atoms with Crippen LogP contribution < -0.4 is 5.32 Å². The van der Waals surface area contributed by atoms with Crippen LogP contribution in [0.3, 0.4) is 0 Å². The Kier molecular flexibility index (Phi) is 5.75. The Bertz CT molecular complexity index is 1460. The van der Waals surface area contributed by atoms with Gasteiger partial charge in [0.15, 0.2) is 0 Å². The zero-order valence-electron chi connectivity index (χ0n) is 21.1. The van der Waals surface area contributed by atoms with Crippen LogP contribution in [-0.2, 0) is 21.4 Å². The quantitative estimate of drug-likeness (QED) is 0.518. The first kappa shape index (κ1) is 23.9. The fourth-order valence-electron chi connectivity index (χ4n) is 5.69. The van der Waals surface area contributed by atoms with Gasteiger partial charge in [-0.1, -0.05) is 48.5 Å². The summed E-state index contributed by atoms with van der Waals surface area (Å²) in [5.74, 6) is -0.894. The van der Waals surface area contributed by atoms with E-state index in [-0.39, 0.29) is 42.8 Å². The molecule has 9 nitrogen and oxygen atoms in total. The molecule has 3 aliphatic rings. The molecule has 1 aromatic heterocycles.